The van der Waals surface area contributed by atoms with Crippen LogP contribution < -0.4 is 9.47 Å². The van der Waals surface area contributed by atoms with Crippen molar-refractivity contribution >= 4 is 18.4 Å². The predicted octanol–water partition coefficient (Wildman–Crippen LogP) is 2.68. The van der Waals surface area contributed by atoms with E-state index in [0.717, 1.165) is 37.4 Å². The van der Waals surface area contributed by atoms with Crippen LogP contribution in [-0.4, -0.2) is 49.3 Å². The number of ether oxygens (including phenoxy) is 2. The van der Waals surface area contributed by atoms with E-state index in [4.69, 9.17) is 14.6 Å². The van der Waals surface area contributed by atoms with Gasteiger partial charge < -0.3 is 14.6 Å². The second kappa shape index (κ2) is 11.2. The lowest BCUT2D eigenvalue weighted by atomic mass is 10.3. The summed E-state index contributed by atoms with van der Waals surface area (Å²) in [5.74, 6) is 0.813. The third kappa shape index (κ3) is 8.42. The highest BCUT2D eigenvalue weighted by molar-refractivity contribution is 5.85. The number of hydrogen-bond donors (Lipinski definition) is 1. The molecule has 1 rings (SSSR count). The largest absolute Gasteiger partial charge is 0.497 e. The molecule has 0 amide bonds. The highest BCUT2D eigenvalue weighted by Crippen LogP contribution is 2.17. The SMILES string of the molecule is CCCN(CCCOc1ccc(OC)cc1)CC(=O)O.Cl. The number of aliphatic carboxylic acids is 1. The molecule has 0 heterocycles. The van der Waals surface area contributed by atoms with Crippen molar-refractivity contribution in [3.05, 3.63) is 24.3 Å². The Morgan fingerprint density at radius 1 is 1.19 bits per heavy atom. The van der Waals surface area contributed by atoms with E-state index in [9.17, 15) is 4.79 Å². The van der Waals surface area contributed by atoms with Gasteiger partial charge in [-0.2, -0.15) is 0 Å². The zero-order chi connectivity index (χ0) is 14.8. The molecule has 1 aromatic carbocycles. The summed E-state index contributed by atoms with van der Waals surface area (Å²) in [4.78, 5) is 12.6. The zero-order valence-corrected chi connectivity index (χ0v) is 13.4. The van der Waals surface area contributed by atoms with E-state index in [1.807, 2.05) is 36.1 Å². The lowest BCUT2D eigenvalue weighted by Crippen LogP contribution is -2.32. The van der Waals surface area contributed by atoms with Gasteiger partial charge in [0.05, 0.1) is 20.3 Å². The normalized spacial score (nSPS) is 10.0. The number of rotatable bonds is 10. The minimum absolute atomic E-state index is 0. The zero-order valence-electron chi connectivity index (χ0n) is 12.6. The van der Waals surface area contributed by atoms with Gasteiger partial charge in [-0.15, -0.1) is 12.4 Å². The lowest BCUT2D eigenvalue weighted by Gasteiger charge is -2.19. The summed E-state index contributed by atoms with van der Waals surface area (Å²) in [7, 11) is 1.63. The molecule has 21 heavy (non-hydrogen) atoms. The fourth-order valence-electron chi connectivity index (χ4n) is 1.93. The number of carboxylic acids is 1. The van der Waals surface area contributed by atoms with Crippen LogP contribution in [0.5, 0.6) is 11.5 Å². The number of halogens is 1. The van der Waals surface area contributed by atoms with Gasteiger partial charge in [0.25, 0.3) is 0 Å². The summed E-state index contributed by atoms with van der Waals surface area (Å²) in [5.41, 5.74) is 0. The summed E-state index contributed by atoms with van der Waals surface area (Å²) in [6, 6.07) is 7.42. The van der Waals surface area contributed by atoms with Crippen LogP contribution in [-0.2, 0) is 4.79 Å². The quantitative estimate of drug-likeness (QED) is 0.672. The standard InChI is InChI=1S/C15H23NO4.ClH/c1-3-9-16(12-15(17)18)10-4-11-20-14-7-5-13(19-2)6-8-14;/h5-8H,3-4,9-12H2,1-2H3,(H,17,18);1H. The Morgan fingerprint density at radius 3 is 2.33 bits per heavy atom. The molecule has 0 fully saturated rings. The molecule has 0 saturated heterocycles. The molecule has 120 valence electrons. The van der Waals surface area contributed by atoms with E-state index >= 15 is 0 Å². The molecule has 0 bridgehead atoms. The molecule has 0 aliphatic rings. The third-order valence-corrected chi connectivity index (χ3v) is 2.85. The number of methoxy groups -OCH3 is 1. The molecule has 0 spiro atoms. The number of nitrogens with zero attached hydrogens (tertiary/aromatic N) is 1. The van der Waals surface area contributed by atoms with E-state index in [1.165, 1.54) is 0 Å². The monoisotopic (exact) mass is 317 g/mol. The van der Waals surface area contributed by atoms with Crippen LogP contribution in [0.15, 0.2) is 24.3 Å². The maximum atomic E-state index is 10.7. The van der Waals surface area contributed by atoms with Crippen LogP contribution >= 0.6 is 12.4 Å². The molecule has 5 nitrogen and oxygen atoms in total. The average molecular weight is 318 g/mol. The second-order valence-electron chi connectivity index (χ2n) is 4.55. The molecule has 1 aromatic rings. The van der Waals surface area contributed by atoms with Crippen molar-refractivity contribution in [1.82, 2.24) is 4.90 Å². The van der Waals surface area contributed by atoms with Gasteiger partial charge in [0.15, 0.2) is 0 Å². The van der Waals surface area contributed by atoms with Crippen molar-refractivity contribution in [3.63, 3.8) is 0 Å². The minimum atomic E-state index is -0.783. The first-order valence-corrected chi connectivity index (χ1v) is 6.86. The molecule has 0 aromatic heterocycles. The Labute approximate surface area is 132 Å². The molecule has 0 unspecified atom stereocenters. The van der Waals surface area contributed by atoms with Gasteiger partial charge in [-0.25, -0.2) is 0 Å². The van der Waals surface area contributed by atoms with Gasteiger partial charge >= 0.3 is 5.97 Å². The van der Waals surface area contributed by atoms with E-state index in [0.29, 0.717) is 6.61 Å². The van der Waals surface area contributed by atoms with Crippen LogP contribution in [0.3, 0.4) is 0 Å². The van der Waals surface area contributed by atoms with Crippen LogP contribution in [0.1, 0.15) is 19.8 Å². The first kappa shape index (κ1) is 19.5. The van der Waals surface area contributed by atoms with Crippen molar-refractivity contribution in [1.29, 1.82) is 0 Å². The maximum Gasteiger partial charge on any atom is 0.317 e. The van der Waals surface area contributed by atoms with Crippen LogP contribution in [0.2, 0.25) is 0 Å². The average Bonchev–Trinajstić information content (AvgIpc) is 2.44. The molecule has 0 saturated carbocycles. The van der Waals surface area contributed by atoms with E-state index in [2.05, 4.69) is 0 Å². The molecule has 6 heteroatoms. The number of carboxylic acid groups (broad SMARTS) is 1. The molecule has 1 N–H and O–H groups in total. The Bertz CT molecular complexity index is 397. The molecule has 0 atom stereocenters. The van der Waals surface area contributed by atoms with Gasteiger partial charge in [0.1, 0.15) is 11.5 Å². The van der Waals surface area contributed by atoms with Crippen LogP contribution in [0, 0.1) is 0 Å². The first-order chi connectivity index (χ1) is 9.65. The highest BCUT2D eigenvalue weighted by Gasteiger charge is 2.08. The van der Waals surface area contributed by atoms with E-state index in [-0.39, 0.29) is 19.0 Å². The van der Waals surface area contributed by atoms with Crippen molar-refractivity contribution < 1.29 is 19.4 Å². The number of carbonyl (C=O) groups is 1. The fourth-order valence-corrected chi connectivity index (χ4v) is 1.93. The molecule has 0 aliphatic heterocycles. The minimum Gasteiger partial charge on any atom is -0.497 e. The molecule has 0 aliphatic carbocycles. The number of hydrogen-bond acceptors (Lipinski definition) is 4. The Kier molecular flexibility index (Phi) is 10.4. The molecular formula is C15H24ClNO4. The lowest BCUT2D eigenvalue weighted by molar-refractivity contribution is -0.138. The second-order valence-corrected chi connectivity index (χ2v) is 4.55. The van der Waals surface area contributed by atoms with Gasteiger partial charge in [-0.05, 0) is 43.7 Å². The van der Waals surface area contributed by atoms with Crippen molar-refractivity contribution in [2.24, 2.45) is 0 Å². The maximum absolute atomic E-state index is 10.7. The van der Waals surface area contributed by atoms with E-state index < -0.39 is 5.97 Å². The predicted molar refractivity (Wildman–Crippen MR) is 84.7 cm³/mol. The summed E-state index contributed by atoms with van der Waals surface area (Å²) in [6.45, 7) is 4.25. The van der Waals surface area contributed by atoms with Gasteiger partial charge in [-0.1, -0.05) is 6.92 Å². The van der Waals surface area contributed by atoms with Crippen LogP contribution in [0.25, 0.3) is 0 Å². The Balaban J connectivity index is 0.00000400. The van der Waals surface area contributed by atoms with E-state index in [1.54, 1.807) is 7.11 Å². The van der Waals surface area contributed by atoms with Gasteiger partial charge in [0.2, 0.25) is 0 Å². The van der Waals surface area contributed by atoms with Gasteiger partial charge in [0, 0.05) is 6.54 Å². The smallest absolute Gasteiger partial charge is 0.317 e. The Hall–Kier alpha value is -1.46. The van der Waals surface area contributed by atoms with Crippen molar-refractivity contribution in [2.75, 3.05) is 33.4 Å². The summed E-state index contributed by atoms with van der Waals surface area (Å²) < 4.78 is 10.7. The molecule has 0 radical (unpaired) electrons. The fraction of sp³-hybridized carbons (Fsp3) is 0.533. The van der Waals surface area contributed by atoms with Crippen molar-refractivity contribution in [2.45, 2.75) is 19.8 Å². The topological polar surface area (TPSA) is 59.0 Å². The third-order valence-electron chi connectivity index (χ3n) is 2.85. The number of benzene rings is 1. The van der Waals surface area contributed by atoms with Crippen molar-refractivity contribution in [3.8, 4) is 11.5 Å². The van der Waals surface area contributed by atoms with Gasteiger partial charge in [-0.3, -0.25) is 9.69 Å². The summed E-state index contributed by atoms with van der Waals surface area (Å²) in [5, 5.41) is 8.81. The summed E-state index contributed by atoms with van der Waals surface area (Å²) >= 11 is 0. The molecular weight excluding hydrogens is 294 g/mol. The Morgan fingerprint density at radius 2 is 1.81 bits per heavy atom. The highest BCUT2D eigenvalue weighted by atomic mass is 35.5. The first-order valence-electron chi connectivity index (χ1n) is 6.86. The van der Waals surface area contributed by atoms with Crippen LogP contribution in [0.4, 0.5) is 0 Å². The summed E-state index contributed by atoms with van der Waals surface area (Å²) in [6.07, 6.45) is 1.76.